The second kappa shape index (κ2) is 5.61. The van der Waals surface area contributed by atoms with Gasteiger partial charge in [0, 0.05) is 19.3 Å². The molecule has 0 aliphatic rings. The monoisotopic (exact) mass is 323 g/mol. The maximum atomic E-state index is 11.3. The highest BCUT2D eigenvalue weighted by atomic mass is 32.2. The van der Waals surface area contributed by atoms with Crippen LogP contribution in [0.3, 0.4) is 0 Å². The third-order valence-electron chi connectivity index (χ3n) is 1.78. The summed E-state index contributed by atoms with van der Waals surface area (Å²) in [7, 11) is -3.20. The van der Waals surface area contributed by atoms with E-state index >= 15 is 0 Å². The molecule has 0 aliphatic carbocycles. The lowest BCUT2D eigenvalue weighted by atomic mass is 10.5. The van der Waals surface area contributed by atoms with E-state index in [0.717, 1.165) is 22.6 Å². The van der Waals surface area contributed by atoms with Crippen molar-refractivity contribution in [2.24, 2.45) is 0 Å². The Bertz CT molecular complexity index is 634. The van der Waals surface area contributed by atoms with Crippen molar-refractivity contribution >= 4 is 44.3 Å². The van der Waals surface area contributed by atoms with Gasteiger partial charge in [-0.2, -0.15) is 0 Å². The summed E-state index contributed by atoms with van der Waals surface area (Å²) in [5.41, 5.74) is 0. The van der Waals surface area contributed by atoms with Crippen molar-refractivity contribution < 1.29 is 13.5 Å². The van der Waals surface area contributed by atoms with E-state index in [4.69, 9.17) is 5.11 Å². The molecular weight excluding hydrogens is 314 g/mol. The van der Waals surface area contributed by atoms with Crippen LogP contribution in [0.4, 0.5) is 0 Å². The Morgan fingerprint density at radius 1 is 1.33 bits per heavy atom. The van der Waals surface area contributed by atoms with Gasteiger partial charge in [0.15, 0.2) is 18.5 Å². The molecule has 0 radical (unpaired) electrons. The van der Waals surface area contributed by atoms with Crippen molar-refractivity contribution in [2.45, 2.75) is 19.3 Å². The first-order valence-corrected chi connectivity index (χ1v) is 9.10. The lowest BCUT2D eigenvalue weighted by molar-refractivity contribution is 0.299. The zero-order valence-electron chi connectivity index (χ0n) is 9.23. The van der Waals surface area contributed by atoms with E-state index < -0.39 is 9.84 Å². The van der Waals surface area contributed by atoms with Crippen molar-refractivity contribution in [3.05, 3.63) is 11.2 Å². The Morgan fingerprint density at radius 2 is 2.11 bits per heavy atom. The second-order valence-corrected chi connectivity index (χ2v) is 9.08. The van der Waals surface area contributed by atoms with Crippen molar-refractivity contribution in [1.29, 1.82) is 0 Å². The Hall–Kier alpha value is -0.550. The predicted octanol–water partition coefficient (Wildman–Crippen LogP) is 1.08. The molecule has 0 unspecified atom stereocenters. The molecule has 2 aromatic heterocycles. The van der Waals surface area contributed by atoms with Gasteiger partial charge in [-0.1, -0.05) is 22.7 Å². The summed E-state index contributed by atoms with van der Waals surface area (Å²) >= 11 is 3.76. The fraction of sp³-hybridized carbons (Fsp3) is 0.375. The van der Waals surface area contributed by atoms with Crippen LogP contribution in [0.5, 0.6) is 0 Å². The van der Waals surface area contributed by atoms with E-state index in [1.165, 1.54) is 29.3 Å². The van der Waals surface area contributed by atoms with Gasteiger partial charge in [0.1, 0.15) is 9.22 Å². The zero-order chi connectivity index (χ0) is 13.2. The number of rotatable bonds is 5. The first-order chi connectivity index (χ1) is 8.49. The summed E-state index contributed by atoms with van der Waals surface area (Å²) in [5.74, 6) is 0. The molecule has 0 atom stereocenters. The van der Waals surface area contributed by atoms with E-state index in [-0.39, 0.29) is 10.8 Å². The molecule has 18 heavy (non-hydrogen) atoms. The molecule has 6 nitrogen and oxygen atoms in total. The molecule has 0 amide bonds. The minimum atomic E-state index is -3.20. The van der Waals surface area contributed by atoms with Crippen LogP contribution in [0.15, 0.2) is 19.1 Å². The second-order valence-electron chi connectivity index (χ2n) is 3.25. The number of nitrogens with zero attached hydrogens (tertiary/aromatic N) is 3. The molecule has 1 N–H and O–H groups in total. The number of aliphatic hydroxyl groups excluding tert-OH is 1. The largest absolute Gasteiger partial charge is 0.396 e. The third-order valence-corrected chi connectivity index (χ3v) is 6.67. The third kappa shape index (κ3) is 3.48. The van der Waals surface area contributed by atoms with E-state index in [0.29, 0.717) is 15.1 Å². The van der Waals surface area contributed by atoms with Gasteiger partial charge < -0.3 is 5.11 Å². The van der Waals surface area contributed by atoms with E-state index in [9.17, 15) is 8.42 Å². The smallest absolute Gasteiger partial charge is 0.186 e. The number of hydrogen-bond acceptors (Lipinski definition) is 9. The van der Waals surface area contributed by atoms with Gasteiger partial charge in [-0.3, -0.25) is 0 Å². The summed E-state index contributed by atoms with van der Waals surface area (Å²) in [6, 6.07) is 0. The van der Waals surface area contributed by atoms with Crippen molar-refractivity contribution in [3.8, 4) is 0 Å². The first-order valence-electron chi connectivity index (χ1n) is 4.76. The van der Waals surface area contributed by atoms with Crippen LogP contribution in [0.1, 0.15) is 5.01 Å². The Balaban J connectivity index is 2.11. The molecule has 0 fully saturated rings. The van der Waals surface area contributed by atoms with Gasteiger partial charge in [-0.05, 0) is 11.8 Å². The van der Waals surface area contributed by atoms with Crippen molar-refractivity contribution in [2.75, 3.05) is 12.9 Å². The first kappa shape index (κ1) is 13.9. The Labute approximate surface area is 116 Å². The highest BCUT2D eigenvalue weighted by molar-refractivity contribution is 8.03. The summed E-state index contributed by atoms with van der Waals surface area (Å²) in [6.45, 7) is 0.0365. The number of sulfone groups is 1. The standard InChI is InChI=1S/C8H9N3O3S4/c1-18(13,14)6-4-9-7(16-6)17-8-11-10-5(15-8)2-3-12/h4,12H,2-3H2,1H3. The van der Waals surface area contributed by atoms with Gasteiger partial charge in [0.05, 0.1) is 6.20 Å². The Morgan fingerprint density at radius 3 is 2.72 bits per heavy atom. The van der Waals surface area contributed by atoms with Gasteiger partial charge in [-0.25, -0.2) is 13.4 Å². The molecule has 0 bridgehead atoms. The minimum Gasteiger partial charge on any atom is -0.396 e. The number of aromatic nitrogens is 3. The quantitative estimate of drug-likeness (QED) is 0.880. The van der Waals surface area contributed by atoms with Crippen LogP contribution in [-0.4, -0.2) is 41.6 Å². The van der Waals surface area contributed by atoms with E-state index in [1.807, 2.05) is 0 Å². The van der Waals surface area contributed by atoms with E-state index in [2.05, 4.69) is 15.2 Å². The van der Waals surface area contributed by atoms with Crippen LogP contribution < -0.4 is 0 Å². The zero-order valence-corrected chi connectivity index (χ0v) is 12.5. The summed E-state index contributed by atoms with van der Waals surface area (Å²) in [4.78, 5) is 4.02. The minimum absolute atomic E-state index is 0.0365. The lowest BCUT2D eigenvalue weighted by Gasteiger charge is -1.89. The topological polar surface area (TPSA) is 93.0 Å². The highest BCUT2D eigenvalue weighted by Gasteiger charge is 2.14. The van der Waals surface area contributed by atoms with Gasteiger partial charge in [0.25, 0.3) is 0 Å². The summed E-state index contributed by atoms with van der Waals surface area (Å²) in [6.07, 6.45) is 2.97. The van der Waals surface area contributed by atoms with Crippen molar-refractivity contribution in [3.63, 3.8) is 0 Å². The van der Waals surface area contributed by atoms with Crippen LogP contribution in [0, 0.1) is 0 Å². The van der Waals surface area contributed by atoms with Crippen molar-refractivity contribution in [1.82, 2.24) is 15.2 Å². The maximum Gasteiger partial charge on any atom is 0.186 e. The van der Waals surface area contributed by atoms with Gasteiger partial charge in [0.2, 0.25) is 0 Å². The molecule has 0 aromatic carbocycles. The van der Waals surface area contributed by atoms with Crippen LogP contribution in [0.25, 0.3) is 0 Å². The molecule has 0 saturated heterocycles. The molecule has 0 spiro atoms. The van der Waals surface area contributed by atoms with Crippen LogP contribution in [-0.2, 0) is 16.3 Å². The summed E-state index contributed by atoms with van der Waals surface area (Å²) in [5, 5.41) is 17.4. The normalized spacial score (nSPS) is 11.9. The van der Waals surface area contributed by atoms with Gasteiger partial charge in [-0.15, -0.1) is 10.2 Å². The highest BCUT2D eigenvalue weighted by Crippen LogP contribution is 2.34. The number of hydrogen-bond donors (Lipinski definition) is 1. The molecule has 98 valence electrons. The summed E-state index contributed by atoms with van der Waals surface area (Å²) < 4.78 is 24.1. The number of aliphatic hydroxyl groups is 1. The lowest BCUT2D eigenvalue weighted by Crippen LogP contribution is -1.91. The Kier molecular flexibility index (Phi) is 4.33. The molecule has 0 saturated carbocycles. The van der Waals surface area contributed by atoms with Gasteiger partial charge >= 0.3 is 0 Å². The van der Waals surface area contributed by atoms with Crippen LogP contribution >= 0.6 is 34.4 Å². The molecule has 2 heterocycles. The average Bonchev–Trinajstić information content (AvgIpc) is 2.88. The molecule has 2 aromatic rings. The molecule has 0 aliphatic heterocycles. The fourth-order valence-corrected chi connectivity index (χ4v) is 5.06. The number of thiazole rings is 1. The fourth-order valence-electron chi connectivity index (χ4n) is 1.01. The average molecular weight is 323 g/mol. The molecular formula is C8H9N3O3S4. The maximum absolute atomic E-state index is 11.3. The molecule has 10 heteroatoms. The molecule has 2 rings (SSSR count). The SMILES string of the molecule is CS(=O)(=O)c1cnc(Sc2nnc(CCO)s2)s1. The van der Waals surface area contributed by atoms with Crippen LogP contribution in [0.2, 0.25) is 0 Å². The predicted molar refractivity (Wildman–Crippen MR) is 70.0 cm³/mol. The van der Waals surface area contributed by atoms with E-state index in [1.54, 1.807) is 0 Å².